The quantitative estimate of drug-likeness (QED) is 0.569. The summed E-state index contributed by atoms with van der Waals surface area (Å²) in [4.78, 5) is 27.6. The number of amides is 2. The van der Waals surface area contributed by atoms with Crippen molar-refractivity contribution in [2.24, 2.45) is 7.05 Å². The maximum Gasteiger partial charge on any atom is 0.257 e. The van der Waals surface area contributed by atoms with E-state index in [9.17, 15) is 19.1 Å². The normalized spacial score (nSPS) is 12.2. The summed E-state index contributed by atoms with van der Waals surface area (Å²) in [5.41, 5.74) is 2.81. The SMILES string of the molecule is CCN(CC)CCNC(=O)C(O)c1c(C)c(C(=O)Nc2ccc(F)c(C)c2)c(C)n1C. The second-order valence-electron chi connectivity index (χ2n) is 7.67. The molecule has 2 aromatic rings. The molecule has 0 bridgehead atoms. The van der Waals surface area contributed by atoms with Gasteiger partial charge in [-0.05, 0) is 63.2 Å². The average Bonchev–Trinajstić information content (AvgIpc) is 2.95. The molecule has 0 saturated carbocycles. The zero-order valence-corrected chi connectivity index (χ0v) is 19.2. The van der Waals surface area contributed by atoms with Gasteiger partial charge >= 0.3 is 0 Å². The monoisotopic (exact) mass is 432 g/mol. The first kappa shape index (κ1) is 24.6. The number of nitrogens with one attached hydrogen (secondary N) is 2. The van der Waals surface area contributed by atoms with Crippen LogP contribution >= 0.6 is 0 Å². The Balaban J connectivity index is 2.19. The summed E-state index contributed by atoms with van der Waals surface area (Å²) in [6, 6.07) is 4.35. The molecule has 1 atom stereocenters. The van der Waals surface area contributed by atoms with Crippen LogP contribution in [-0.2, 0) is 11.8 Å². The molecule has 3 N–H and O–H groups in total. The maximum atomic E-state index is 13.5. The fourth-order valence-electron chi connectivity index (χ4n) is 3.74. The van der Waals surface area contributed by atoms with Crippen molar-refractivity contribution in [2.45, 2.75) is 40.7 Å². The van der Waals surface area contributed by atoms with E-state index in [4.69, 9.17) is 0 Å². The first-order valence-electron chi connectivity index (χ1n) is 10.5. The lowest BCUT2D eigenvalue weighted by atomic mass is 10.1. The molecule has 7 nitrogen and oxygen atoms in total. The van der Waals surface area contributed by atoms with Crippen molar-refractivity contribution in [3.05, 3.63) is 52.1 Å². The van der Waals surface area contributed by atoms with Crippen molar-refractivity contribution >= 4 is 17.5 Å². The predicted octanol–water partition coefficient (Wildman–Crippen LogP) is 2.83. The van der Waals surface area contributed by atoms with Crippen LogP contribution in [0.1, 0.15) is 52.8 Å². The number of hydrogen-bond acceptors (Lipinski definition) is 4. The lowest BCUT2D eigenvalue weighted by Crippen LogP contribution is -2.37. The number of aromatic nitrogens is 1. The molecule has 1 heterocycles. The zero-order chi connectivity index (χ0) is 23.3. The second kappa shape index (κ2) is 10.5. The smallest absolute Gasteiger partial charge is 0.257 e. The minimum atomic E-state index is -1.39. The third-order valence-electron chi connectivity index (χ3n) is 5.76. The largest absolute Gasteiger partial charge is 0.377 e. The molecule has 1 aromatic carbocycles. The molecule has 2 amide bonds. The van der Waals surface area contributed by atoms with Crippen molar-refractivity contribution in [1.29, 1.82) is 0 Å². The molecule has 1 unspecified atom stereocenters. The van der Waals surface area contributed by atoms with E-state index in [0.717, 1.165) is 13.1 Å². The number of rotatable bonds is 9. The number of aliphatic hydroxyl groups excluding tert-OH is 1. The summed E-state index contributed by atoms with van der Waals surface area (Å²) in [5.74, 6) is -1.23. The number of carbonyl (C=O) groups excluding carboxylic acids is 2. The van der Waals surface area contributed by atoms with Crippen molar-refractivity contribution < 1.29 is 19.1 Å². The Bertz CT molecular complexity index is 951. The van der Waals surface area contributed by atoms with E-state index in [1.54, 1.807) is 38.5 Å². The number of anilines is 1. The van der Waals surface area contributed by atoms with Crippen molar-refractivity contribution in [3.8, 4) is 0 Å². The van der Waals surface area contributed by atoms with Crippen LogP contribution in [-0.4, -0.2) is 52.6 Å². The maximum absolute atomic E-state index is 13.5. The summed E-state index contributed by atoms with van der Waals surface area (Å²) >= 11 is 0. The Morgan fingerprint density at radius 2 is 1.84 bits per heavy atom. The van der Waals surface area contributed by atoms with Gasteiger partial charge < -0.3 is 25.2 Å². The summed E-state index contributed by atoms with van der Waals surface area (Å²) in [6.45, 7) is 12.1. The highest BCUT2D eigenvalue weighted by atomic mass is 19.1. The molecule has 0 aliphatic heterocycles. The molecule has 0 saturated heterocycles. The topological polar surface area (TPSA) is 86.6 Å². The predicted molar refractivity (Wildman–Crippen MR) is 120 cm³/mol. The van der Waals surface area contributed by atoms with Gasteiger partial charge in [-0.2, -0.15) is 0 Å². The number of nitrogens with zero attached hydrogens (tertiary/aromatic N) is 2. The number of aryl methyl sites for hydroxylation is 1. The standard InChI is InChI=1S/C23H33FN4O3/c1-7-28(8-2)12-11-25-23(31)21(29)20-15(4)19(16(5)27(20)6)22(30)26-17-9-10-18(24)14(3)13-17/h9-10,13,21,29H,7-8,11-12H2,1-6H3,(H,25,31)(H,26,30). The van der Waals surface area contributed by atoms with Crippen molar-refractivity contribution in [3.63, 3.8) is 0 Å². The Hall–Kier alpha value is -2.71. The van der Waals surface area contributed by atoms with E-state index in [1.165, 1.54) is 12.1 Å². The van der Waals surface area contributed by atoms with E-state index in [2.05, 4.69) is 29.4 Å². The minimum Gasteiger partial charge on any atom is -0.377 e. The highest BCUT2D eigenvalue weighted by Crippen LogP contribution is 2.27. The van der Waals surface area contributed by atoms with Crippen LogP contribution in [0.25, 0.3) is 0 Å². The molecular weight excluding hydrogens is 399 g/mol. The number of benzene rings is 1. The van der Waals surface area contributed by atoms with Crippen molar-refractivity contribution in [2.75, 3.05) is 31.5 Å². The van der Waals surface area contributed by atoms with E-state index in [1.807, 2.05) is 0 Å². The van der Waals surface area contributed by atoms with Crippen LogP contribution in [0, 0.1) is 26.6 Å². The van der Waals surface area contributed by atoms with E-state index in [0.29, 0.717) is 46.9 Å². The van der Waals surface area contributed by atoms with Gasteiger partial charge in [0, 0.05) is 31.5 Å². The van der Waals surface area contributed by atoms with E-state index < -0.39 is 12.0 Å². The van der Waals surface area contributed by atoms with Crippen LogP contribution in [0.5, 0.6) is 0 Å². The summed E-state index contributed by atoms with van der Waals surface area (Å²) < 4.78 is 15.2. The number of aliphatic hydroxyl groups is 1. The minimum absolute atomic E-state index is 0.345. The van der Waals surface area contributed by atoms with Crippen LogP contribution in [0.3, 0.4) is 0 Å². The summed E-state index contributed by atoms with van der Waals surface area (Å²) in [5, 5.41) is 16.2. The molecule has 0 radical (unpaired) electrons. The van der Waals surface area contributed by atoms with Gasteiger partial charge in [-0.25, -0.2) is 4.39 Å². The Labute approximate surface area is 183 Å². The first-order valence-corrected chi connectivity index (χ1v) is 10.5. The van der Waals surface area contributed by atoms with Gasteiger partial charge in [0.2, 0.25) is 0 Å². The van der Waals surface area contributed by atoms with Gasteiger partial charge in [-0.3, -0.25) is 9.59 Å². The van der Waals surface area contributed by atoms with Gasteiger partial charge in [0.1, 0.15) is 5.82 Å². The highest BCUT2D eigenvalue weighted by Gasteiger charge is 2.28. The van der Waals surface area contributed by atoms with Crippen molar-refractivity contribution in [1.82, 2.24) is 14.8 Å². The number of carbonyl (C=O) groups is 2. The number of likely N-dealkylation sites (N-methyl/N-ethyl adjacent to an activating group) is 1. The van der Waals surface area contributed by atoms with Crippen LogP contribution in [0.2, 0.25) is 0 Å². The Morgan fingerprint density at radius 1 is 1.19 bits per heavy atom. The molecule has 2 rings (SSSR count). The van der Waals surface area contributed by atoms with Gasteiger partial charge in [0.25, 0.3) is 11.8 Å². The zero-order valence-electron chi connectivity index (χ0n) is 19.2. The molecule has 0 aliphatic carbocycles. The first-order chi connectivity index (χ1) is 14.6. The summed E-state index contributed by atoms with van der Waals surface area (Å²) in [6.07, 6.45) is -1.39. The van der Waals surface area contributed by atoms with Gasteiger partial charge in [-0.15, -0.1) is 0 Å². The molecule has 1 aromatic heterocycles. The average molecular weight is 433 g/mol. The highest BCUT2D eigenvalue weighted by molar-refractivity contribution is 6.06. The van der Waals surface area contributed by atoms with E-state index >= 15 is 0 Å². The van der Waals surface area contributed by atoms with Gasteiger partial charge in [0.05, 0.1) is 11.3 Å². The molecular formula is C23H33FN4O3. The molecule has 0 fully saturated rings. The molecule has 8 heteroatoms. The Kier molecular flexibility index (Phi) is 8.36. The van der Waals surface area contributed by atoms with Gasteiger partial charge in [-0.1, -0.05) is 13.8 Å². The number of halogens is 1. The van der Waals surface area contributed by atoms with E-state index in [-0.39, 0.29) is 11.7 Å². The molecule has 0 spiro atoms. The number of hydrogen-bond donors (Lipinski definition) is 3. The lowest BCUT2D eigenvalue weighted by Gasteiger charge is -2.19. The van der Waals surface area contributed by atoms with Gasteiger partial charge in [0.15, 0.2) is 6.10 Å². The van der Waals surface area contributed by atoms with Crippen LogP contribution in [0.4, 0.5) is 10.1 Å². The van der Waals surface area contributed by atoms with Crippen LogP contribution in [0.15, 0.2) is 18.2 Å². The third kappa shape index (κ3) is 5.51. The third-order valence-corrected chi connectivity index (χ3v) is 5.76. The fraction of sp³-hybridized carbons (Fsp3) is 0.478. The Morgan fingerprint density at radius 3 is 2.42 bits per heavy atom. The molecule has 31 heavy (non-hydrogen) atoms. The lowest BCUT2D eigenvalue weighted by molar-refractivity contribution is -0.130. The fourth-order valence-corrected chi connectivity index (χ4v) is 3.74. The molecule has 170 valence electrons. The van der Waals surface area contributed by atoms with Crippen LogP contribution < -0.4 is 10.6 Å². The second-order valence-corrected chi connectivity index (χ2v) is 7.67. The summed E-state index contributed by atoms with van der Waals surface area (Å²) in [7, 11) is 1.71. The molecule has 0 aliphatic rings.